The Balaban J connectivity index is 1.46. The third-order valence-electron chi connectivity index (χ3n) is 3.87. The minimum absolute atomic E-state index is 0.203. The smallest absolute Gasteiger partial charge is 0.325 e. The molecule has 3 amide bonds. The number of hydrogen-bond donors (Lipinski definition) is 3. The van der Waals surface area contributed by atoms with Crippen LogP contribution < -0.4 is 16.0 Å². The SMILES string of the molecule is Cc1ccc(NC(=O)CCc2csc(NC(=O)Nc3ccccc3)n2)cc1F. The number of hydrogen-bond acceptors (Lipinski definition) is 4. The third kappa shape index (κ3) is 5.62. The van der Waals surface area contributed by atoms with Crippen molar-refractivity contribution in [1.29, 1.82) is 0 Å². The van der Waals surface area contributed by atoms with Gasteiger partial charge in [-0.05, 0) is 43.2 Å². The fourth-order valence-corrected chi connectivity index (χ4v) is 3.14. The second kappa shape index (κ2) is 9.09. The number of nitrogens with zero attached hydrogens (tertiary/aromatic N) is 1. The lowest BCUT2D eigenvalue weighted by molar-refractivity contribution is -0.116. The zero-order chi connectivity index (χ0) is 19.9. The van der Waals surface area contributed by atoms with Gasteiger partial charge in [0.1, 0.15) is 5.82 Å². The van der Waals surface area contributed by atoms with Gasteiger partial charge < -0.3 is 10.6 Å². The molecule has 0 radical (unpaired) electrons. The molecule has 0 atom stereocenters. The van der Waals surface area contributed by atoms with Gasteiger partial charge in [0.2, 0.25) is 5.91 Å². The maximum atomic E-state index is 13.5. The molecular formula is C20H19FN4O2S. The van der Waals surface area contributed by atoms with Crippen LogP contribution in [0.3, 0.4) is 0 Å². The molecule has 6 nitrogen and oxygen atoms in total. The highest BCUT2D eigenvalue weighted by Crippen LogP contribution is 2.18. The Morgan fingerprint density at radius 3 is 2.57 bits per heavy atom. The number of carbonyl (C=O) groups is 2. The molecule has 8 heteroatoms. The molecule has 0 saturated carbocycles. The Labute approximate surface area is 165 Å². The molecule has 3 N–H and O–H groups in total. The Kier molecular flexibility index (Phi) is 6.33. The van der Waals surface area contributed by atoms with Gasteiger partial charge in [0.05, 0.1) is 5.69 Å². The number of thiazole rings is 1. The van der Waals surface area contributed by atoms with E-state index in [1.54, 1.807) is 36.6 Å². The van der Waals surface area contributed by atoms with E-state index >= 15 is 0 Å². The van der Waals surface area contributed by atoms with Gasteiger partial charge in [-0.25, -0.2) is 14.2 Å². The highest BCUT2D eigenvalue weighted by Gasteiger charge is 2.09. The van der Waals surface area contributed by atoms with Gasteiger partial charge in [0, 0.05) is 23.2 Å². The second-order valence-electron chi connectivity index (χ2n) is 6.10. The first kappa shape index (κ1) is 19.5. The van der Waals surface area contributed by atoms with Crippen molar-refractivity contribution in [2.45, 2.75) is 19.8 Å². The average Bonchev–Trinajstić information content (AvgIpc) is 3.11. The van der Waals surface area contributed by atoms with Gasteiger partial charge in [0.15, 0.2) is 5.13 Å². The molecule has 3 aromatic rings. The summed E-state index contributed by atoms with van der Waals surface area (Å²) in [6, 6.07) is 13.3. The first-order valence-electron chi connectivity index (χ1n) is 8.63. The number of benzene rings is 2. The molecule has 0 aliphatic heterocycles. The Bertz CT molecular complexity index is 975. The Hall–Kier alpha value is -3.26. The third-order valence-corrected chi connectivity index (χ3v) is 4.67. The summed E-state index contributed by atoms with van der Waals surface area (Å²) < 4.78 is 13.5. The number of halogens is 1. The molecule has 0 saturated heterocycles. The van der Waals surface area contributed by atoms with Gasteiger partial charge in [0.25, 0.3) is 0 Å². The highest BCUT2D eigenvalue weighted by atomic mass is 32.1. The molecular weight excluding hydrogens is 379 g/mol. The van der Waals surface area contributed by atoms with Crippen molar-refractivity contribution in [3.63, 3.8) is 0 Å². The standard InChI is InChI=1S/C20H19FN4O2S/c1-13-7-8-15(11-17(13)21)22-18(26)10-9-16-12-28-20(24-16)25-19(27)23-14-5-3-2-4-6-14/h2-8,11-12H,9-10H2,1H3,(H,22,26)(H2,23,24,25,27). The maximum Gasteiger partial charge on any atom is 0.325 e. The highest BCUT2D eigenvalue weighted by molar-refractivity contribution is 7.13. The van der Waals surface area contributed by atoms with E-state index in [2.05, 4.69) is 20.9 Å². The number of urea groups is 1. The molecule has 0 bridgehead atoms. The molecule has 0 aliphatic rings. The first-order chi connectivity index (χ1) is 13.5. The van der Waals surface area contributed by atoms with Crippen LogP contribution in [0.5, 0.6) is 0 Å². The zero-order valence-corrected chi connectivity index (χ0v) is 16.0. The molecule has 1 heterocycles. The van der Waals surface area contributed by atoms with E-state index in [1.165, 1.54) is 17.4 Å². The second-order valence-corrected chi connectivity index (χ2v) is 6.96. The predicted octanol–water partition coefficient (Wildman–Crippen LogP) is 4.81. The number of nitrogens with one attached hydrogen (secondary N) is 3. The number of amides is 3. The number of rotatable bonds is 6. The van der Waals surface area contributed by atoms with Crippen molar-refractivity contribution in [3.05, 3.63) is 71.0 Å². The van der Waals surface area contributed by atoms with E-state index in [0.29, 0.717) is 34.2 Å². The Morgan fingerprint density at radius 1 is 1.04 bits per heavy atom. The van der Waals surface area contributed by atoms with Gasteiger partial charge in [-0.15, -0.1) is 11.3 Å². The van der Waals surface area contributed by atoms with Crippen molar-refractivity contribution in [2.24, 2.45) is 0 Å². The van der Waals surface area contributed by atoms with Gasteiger partial charge in [-0.3, -0.25) is 10.1 Å². The van der Waals surface area contributed by atoms with Gasteiger partial charge in [-0.1, -0.05) is 24.3 Å². The summed E-state index contributed by atoms with van der Waals surface area (Å²) in [5.74, 6) is -0.589. The van der Waals surface area contributed by atoms with E-state index < -0.39 is 0 Å². The monoisotopic (exact) mass is 398 g/mol. The van der Waals surface area contributed by atoms with Crippen LogP contribution in [0.15, 0.2) is 53.9 Å². The van der Waals surface area contributed by atoms with Crippen LogP contribution in [0.1, 0.15) is 17.7 Å². The van der Waals surface area contributed by atoms with Crippen LogP contribution in [0.4, 0.5) is 25.7 Å². The molecule has 0 spiro atoms. The van der Waals surface area contributed by atoms with Crippen LogP contribution in [-0.2, 0) is 11.2 Å². The van der Waals surface area contributed by atoms with Crippen molar-refractivity contribution < 1.29 is 14.0 Å². The van der Waals surface area contributed by atoms with E-state index in [9.17, 15) is 14.0 Å². The Morgan fingerprint density at radius 2 is 1.82 bits per heavy atom. The van der Waals surface area contributed by atoms with E-state index in [1.807, 2.05) is 18.2 Å². The van der Waals surface area contributed by atoms with Crippen LogP contribution in [0, 0.1) is 12.7 Å². The summed E-state index contributed by atoms with van der Waals surface area (Å²) in [5, 5.41) is 10.3. The lowest BCUT2D eigenvalue weighted by Gasteiger charge is -2.06. The zero-order valence-electron chi connectivity index (χ0n) is 15.2. The van der Waals surface area contributed by atoms with E-state index in [-0.39, 0.29) is 24.2 Å². The van der Waals surface area contributed by atoms with Gasteiger partial charge >= 0.3 is 6.03 Å². The fourth-order valence-electron chi connectivity index (χ4n) is 2.40. The quantitative estimate of drug-likeness (QED) is 0.557. The number of aryl methyl sites for hydroxylation is 2. The fraction of sp³-hybridized carbons (Fsp3) is 0.150. The molecule has 1 aromatic heterocycles. The first-order valence-corrected chi connectivity index (χ1v) is 9.51. The average molecular weight is 398 g/mol. The largest absolute Gasteiger partial charge is 0.326 e. The molecule has 0 unspecified atom stereocenters. The summed E-state index contributed by atoms with van der Waals surface area (Å²) in [7, 11) is 0. The summed E-state index contributed by atoms with van der Waals surface area (Å²) in [5.41, 5.74) is 2.33. The van der Waals surface area contributed by atoms with E-state index in [0.717, 1.165) is 0 Å². The van der Waals surface area contributed by atoms with Crippen molar-refractivity contribution in [2.75, 3.05) is 16.0 Å². The topological polar surface area (TPSA) is 83.1 Å². The molecule has 0 aliphatic carbocycles. The molecule has 28 heavy (non-hydrogen) atoms. The van der Waals surface area contributed by atoms with Crippen LogP contribution in [0.25, 0.3) is 0 Å². The summed E-state index contributed by atoms with van der Waals surface area (Å²) in [6.45, 7) is 1.66. The molecule has 2 aromatic carbocycles. The van der Waals surface area contributed by atoms with E-state index in [4.69, 9.17) is 0 Å². The predicted molar refractivity (Wildman–Crippen MR) is 109 cm³/mol. The summed E-state index contributed by atoms with van der Waals surface area (Å²) >= 11 is 1.28. The van der Waals surface area contributed by atoms with Crippen molar-refractivity contribution in [3.8, 4) is 0 Å². The van der Waals surface area contributed by atoms with Crippen molar-refractivity contribution in [1.82, 2.24) is 4.98 Å². The van der Waals surface area contributed by atoms with Crippen LogP contribution in [0.2, 0.25) is 0 Å². The lowest BCUT2D eigenvalue weighted by Crippen LogP contribution is -2.19. The maximum absolute atomic E-state index is 13.5. The van der Waals surface area contributed by atoms with Gasteiger partial charge in [-0.2, -0.15) is 0 Å². The van der Waals surface area contributed by atoms with Crippen LogP contribution >= 0.6 is 11.3 Å². The number of aromatic nitrogens is 1. The molecule has 3 rings (SSSR count). The number of carbonyl (C=O) groups excluding carboxylic acids is 2. The molecule has 0 fully saturated rings. The number of anilines is 3. The minimum Gasteiger partial charge on any atom is -0.326 e. The normalized spacial score (nSPS) is 10.4. The summed E-state index contributed by atoms with van der Waals surface area (Å²) in [4.78, 5) is 28.3. The van der Waals surface area contributed by atoms with Crippen LogP contribution in [-0.4, -0.2) is 16.9 Å². The lowest BCUT2D eigenvalue weighted by atomic mass is 10.2. The minimum atomic E-state index is -0.383. The summed E-state index contributed by atoms with van der Waals surface area (Å²) in [6.07, 6.45) is 0.619. The molecule has 144 valence electrons. The number of para-hydroxylation sites is 1. The van der Waals surface area contributed by atoms with Crippen molar-refractivity contribution >= 4 is 39.8 Å².